The summed E-state index contributed by atoms with van der Waals surface area (Å²) in [5.41, 5.74) is -0.402. The molecule has 1 aliphatic rings. The predicted molar refractivity (Wildman–Crippen MR) is 58.1 cm³/mol. The minimum Gasteiger partial charge on any atom is -0.410 e. The van der Waals surface area contributed by atoms with Crippen molar-refractivity contribution in [3.63, 3.8) is 0 Å². The summed E-state index contributed by atoms with van der Waals surface area (Å²) in [5.74, 6) is 0.107. The Hall–Kier alpha value is -0.910. The maximum atomic E-state index is 12.1. The molecule has 1 unspecified atom stereocenters. The summed E-state index contributed by atoms with van der Waals surface area (Å²) in [4.78, 5) is 9.99. The van der Waals surface area contributed by atoms with E-state index in [2.05, 4.69) is 5.16 Å². The molecule has 7 nitrogen and oxygen atoms in total. The first kappa shape index (κ1) is 13.2. The summed E-state index contributed by atoms with van der Waals surface area (Å²) >= 11 is 5.37. The molecule has 0 radical (unpaired) electrons. The molecule has 16 heavy (non-hydrogen) atoms. The van der Waals surface area contributed by atoms with Gasteiger partial charge in [-0.1, -0.05) is 5.16 Å². The van der Waals surface area contributed by atoms with Gasteiger partial charge in [0.1, 0.15) is 6.16 Å². The highest BCUT2D eigenvalue weighted by atomic mass is 35.5. The van der Waals surface area contributed by atoms with Gasteiger partial charge in [-0.25, -0.2) is 0 Å². The van der Waals surface area contributed by atoms with E-state index in [-0.39, 0.29) is 35.4 Å². The van der Waals surface area contributed by atoms with Crippen LogP contribution in [0, 0.1) is 10.1 Å². The molecule has 1 heterocycles. The van der Waals surface area contributed by atoms with Crippen molar-refractivity contribution in [1.29, 1.82) is 0 Å². The van der Waals surface area contributed by atoms with E-state index < -0.39 is 12.3 Å². The van der Waals surface area contributed by atoms with Crippen molar-refractivity contribution < 1.29 is 19.2 Å². The second kappa shape index (κ2) is 4.95. The average Bonchev–Trinajstić information content (AvgIpc) is 2.48. The Morgan fingerprint density at radius 3 is 2.81 bits per heavy atom. The van der Waals surface area contributed by atoms with Crippen LogP contribution < -0.4 is 0 Å². The highest BCUT2D eigenvalue weighted by Crippen LogP contribution is 2.57. The first-order chi connectivity index (χ1) is 7.46. The third kappa shape index (κ3) is 2.26. The zero-order valence-electron chi connectivity index (χ0n) is 8.42. The van der Waals surface area contributed by atoms with E-state index in [0.717, 1.165) is 0 Å². The Balaban J connectivity index is 3.05. The third-order valence-corrected chi connectivity index (χ3v) is 4.68. The van der Waals surface area contributed by atoms with E-state index in [9.17, 15) is 14.7 Å². The van der Waals surface area contributed by atoms with Gasteiger partial charge in [-0.05, 0) is 6.92 Å². The van der Waals surface area contributed by atoms with Gasteiger partial charge in [-0.3, -0.25) is 14.7 Å². The fourth-order valence-electron chi connectivity index (χ4n) is 1.40. The van der Waals surface area contributed by atoms with Gasteiger partial charge in [-0.2, -0.15) is 0 Å². The number of alkyl halides is 1. The van der Waals surface area contributed by atoms with Crippen LogP contribution in [0.25, 0.3) is 0 Å². The van der Waals surface area contributed by atoms with Crippen LogP contribution >= 0.6 is 19.0 Å². The monoisotopic (exact) mass is 268 g/mol. The summed E-state index contributed by atoms with van der Waals surface area (Å²) in [6, 6.07) is 0. The SMILES string of the molecule is CC1=C([N+](=O)[O-])CP(=O)(OCCCl)/C1=N/O. The summed E-state index contributed by atoms with van der Waals surface area (Å²) in [5, 5.41) is 22.2. The predicted octanol–water partition coefficient (Wildman–Crippen LogP) is 1.87. The first-order valence-corrected chi connectivity index (χ1v) is 6.67. The van der Waals surface area contributed by atoms with Crippen molar-refractivity contribution >= 4 is 24.4 Å². The van der Waals surface area contributed by atoms with Crippen molar-refractivity contribution in [3.8, 4) is 0 Å². The van der Waals surface area contributed by atoms with Gasteiger partial charge >= 0.3 is 0 Å². The molecule has 0 saturated carbocycles. The van der Waals surface area contributed by atoms with Crippen molar-refractivity contribution in [2.24, 2.45) is 5.16 Å². The highest BCUT2D eigenvalue weighted by Gasteiger charge is 2.46. The lowest BCUT2D eigenvalue weighted by Crippen LogP contribution is -2.04. The molecule has 90 valence electrons. The maximum absolute atomic E-state index is 12.1. The smallest absolute Gasteiger partial charge is 0.264 e. The zero-order valence-corrected chi connectivity index (χ0v) is 10.1. The molecule has 1 N–H and O–H groups in total. The van der Waals surface area contributed by atoms with Gasteiger partial charge in [0.25, 0.3) is 13.1 Å². The fraction of sp³-hybridized carbons (Fsp3) is 0.571. The molecule has 0 aromatic rings. The van der Waals surface area contributed by atoms with Crippen molar-refractivity contribution in [1.82, 2.24) is 0 Å². The molecular weight excluding hydrogens is 259 g/mol. The minimum atomic E-state index is -3.46. The van der Waals surface area contributed by atoms with Gasteiger partial charge in [0, 0.05) is 5.88 Å². The van der Waals surface area contributed by atoms with E-state index in [1.54, 1.807) is 0 Å². The summed E-state index contributed by atoms with van der Waals surface area (Å²) in [7, 11) is -3.46. The molecule has 0 saturated heterocycles. The number of oxime groups is 1. The number of rotatable bonds is 4. The van der Waals surface area contributed by atoms with Crippen LogP contribution in [0.3, 0.4) is 0 Å². The minimum absolute atomic E-state index is 0.0177. The quantitative estimate of drug-likeness (QED) is 0.276. The van der Waals surface area contributed by atoms with E-state index in [1.165, 1.54) is 6.92 Å². The Morgan fingerprint density at radius 1 is 1.75 bits per heavy atom. The van der Waals surface area contributed by atoms with Gasteiger partial charge < -0.3 is 9.73 Å². The average molecular weight is 269 g/mol. The largest absolute Gasteiger partial charge is 0.410 e. The molecule has 1 atom stereocenters. The standard InChI is InChI=1S/C7H10ClN2O5P/c1-5-6(10(12)13)4-16(14,7(5)9-11)15-3-2-8/h11H,2-4H2,1H3/b9-7+. The molecule has 0 aromatic heterocycles. The van der Waals surface area contributed by atoms with Crippen LogP contribution in [-0.4, -0.2) is 34.2 Å². The number of nitro groups is 1. The topological polar surface area (TPSA) is 102 Å². The van der Waals surface area contributed by atoms with Crippen LogP contribution in [0.1, 0.15) is 6.92 Å². The molecule has 0 spiro atoms. The summed E-state index contributed by atoms with van der Waals surface area (Å²) in [6.07, 6.45) is -0.359. The Bertz CT molecular complexity index is 419. The molecular formula is C7H10ClN2O5P. The van der Waals surface area contributed by atoms with Gasteiger partial charge in [0.15, 0.2) is 5.45 Å². The number of hydrogen-bond acceptors (Lipinski definition) is 6. The molecule has 0 aromatic carbocycles. The molecule has 0 fully saturated rings. The molecule has 0 aliphatic carbocycles. The van der Waals surface area contributed by atoms with Crippen LogP contribution in [0.4, 0.5) is 0 Å². The summed E-state index contributed by atoms with van der Waals surface area (Å²) < 4.78 is 17.1. The van der Waals surface area contributed by atoms with E-state index in [4.69, 9.17) is 21.3 Å². The Labute approximate surface area is 96.3 Å². The number of allylic oxidation sites excluding steroid dienone is 2. The Kier molecular flexibility index (Phi) is 4.07. The third-order valence-electron chi connectivity index (χ3n) is 2.14. The van der Waals surface area contributed by atoms with Crippen LogP contribution in [0.15, 0.2) is 16.4 Å². The fourth-order valence-corrected chi connectivity index (χ4v) is 3.86. The summed E-state index contributed by atoms with van der Waals surface area (Å²) in [6.45, 7) is 1.35. The van der Waals surface area contributed by atoms with E-state index in [0.29, 0.717) is 0 Å². The molecule has 1 aliphatic heterocycles. The maximum Gasteiger partial charge on any atom is 0.264 e. The zero-order chi connectivity index (χ0) is 12.3. The first-order valence-electron chi connectivity index (χ1n) is 4.33. The van der Waals surface area contributed by atoms with E-state index in [1.807, 2.05) is 0 Å². The number of nitrogens with zero attached hydrogens (tertiary/aromatic N) is 2. The van der Waals surface area contributed by atoms with Crippen molar-refractivity contribution in [2.75, 3.05) is 18.6 Å². The lowest BCUT2D eigenvalue weighted by molar-refractivity contribution is -0.424. The lowest BCUT2D eigenvalue weighted by Gasteiger charge is -2.10. The van der Waals surface area contributed by atoms with Crippen molar-refractivity contribution in [2.45, 2.75) is 6.92 Å². The van der Waals surface area contributed by atoms with Gasteiger partial charge in [0.2, 0.25) is 0 Å². The number of halogens is 1. The molecule has 9 heteroatoms. The molecule has 1 rings (SSSR count). The molecule has 0 bridgehead atoms. The Morgan fingerprint density at radius 2 is 2.38 bits per heavy atom. The highest BCUT2D eigenvalue weighted by molar-refractivity contribution is 7.78. The lowest BCUT2D eigenvalue weighted by atomic mass is 10.3. The van der Waals surface area contributed by atoms with Gasteiger partial charge in [0.05, 0.1) is 17.1 Å². The van der Waals surface area contributed by atoms with Crippen LogP contribution in [-0.2, 0) is 9.09 Å². The van der Waals surface area contributed by atoms with Crippen LogP contribution in [0.5, 0.6) is 0 Å². The van der Waals surface area contributed by atoms with Crippen LogP contribution in [0.2, 0.25) is 0 Å². The van der Waals surface area contributed by atoms with Gasteiger partial charge in [-0.15, -0.1) is 11.6 Å². The van der Waals surface area contributed by atoms with E-state index >= 15 is 0 Å². The second-order valence-electron chi connectivity index (χ2n) is 3.11. The van der Waals surface area contributed by atoms with Crippen molar-refractivity contribution in [3.05, 3.63) is 21.4 Å². The number of hydrogen-bond donors (Lipinski definition) is 1. The molecule has 0 amide bonds. The second-order valence-corrected chi connectivity index (χ2v) is 5.83. The normalized spacial score (nSPS) is 27.8.